The summed E-state index contributed by atoms with van der Waals surface area (Å²) in [6, 6.07) is 12.2. The summed E-state index contributed by atoms with van der Waals surface area (Å²) < 4.78 is 5.24. The molecule has 3 rings (SSSR count). The lowest BCUT2D eigenvalue weighted by atomic mass is 9.96. The number of hydrogen-bond acceptors (Lipinski definition) is 4. The molecule has 1 unspecified atom stereocenters. The maximum absolute atomic E-state index is 12.8. The fourth-order valence-corrected chi connectivity index (χ4v) is 4.06. The van der Waals surface area contributed by atoms with Crippen LogP contribution in [-0.4, -0.2) is 61.0 Å². The number of ether oxygens (including phenoxy) is 1. The number of nitrogens with zero attached hydrogens (tertiary/aromatic N) is 3. The zero-order valence-corrected chi connectivity index (χ0v) is 17.2. The second kappa shape index (κ2) is 9.69. The summed E-state index contributed by atoms with van der Waals surface area (Å²) in [4.78, 5) is 21.3. The number of benzene rings is 1. The normalized spacial score (nSPS) is 17.3. The fraction of sp³-hybridized carbons (Fsp3) is 0.478. The summed E-state index contributed by atoms with van der Waals surface area (Å²) in [5.74, 6) is 0.868. The van der Waals surface area contributed by atoms with Crippen LogP contribution >= 0.6 is 0 Å². The second-order valence-electron chi connectivity index (χ2n) is 7.73. The maximum atomic E-state index is 12.8. The minimum atomic E-state index is -0.0259. The van der Waals surface area contributed by atoms with E-state index in [0.717, 1.165) is 32.6 Å². The van der Waals surface area contributed by atoms with E-state index in [-0.39, 0.29) is 5.91 Å². The van der Waals surface area contributed by atoms with Crippen molar-refractivity contribution in [2.45, 2.75) is 26.2 Å². The van der Waals surface area contributed by atoms with E-state index >= 15 is 0 Å². The monoisotopic (exact) mass is 381 g/mol. The van der Waals surface area contributed by atoms with E-state index in [1.807, 2.05) is 11.9 Å². The van der Waals surface area contributed by atoms with Crippen LogP contribution in [0.5, 0.6) is 5.88 Å². The smallest absolute Gasteiger partial charge is 0.259 e. The lowest BCUT2D eigenvalue weighted by Crippen LogP contribution is -2.42. The number of rotatable bonds is 7. The van der Waals surface area contributed by atoms with Gasteiger partial charge in [0, 0.05) is 32.9 Å². The summed E-state index contributed by atoms with van der Waals surface area (Å²) in [5.41, 5.74) is 3.33. The van der Waals surface area contributed by atoms with Gasteiger partial charge in [-0.1, -0.05) is 24.3 Å². The number of aromatic nitrogens is 1. The highest BCUT2D eigenvalue weighted by molar-refractivity contribution is 5.96. The van der Waals surface area contributed by atoms with Gasteiger partial charge in [0.05, 0.1) is 7.11 Å². The minimum Gasteiger partial charge on any atom is -0.480 e. The molecule has 1 aliphatic rings. The van der Waals surface area contributed by atoms with Crippen molar-refractivity contribution in [1.29, 1.82) is 0 Å². The molecule has 0 radical (unpaired) electrons. The Kier molecular flexibility index (Phi) is 7.04. The summed E-state index contributed by atoms with van der Waals surface area (Å²) in [6.45, 7) is 6.22. The summed E-state index contributed by atoms with van der Waals surface area (Å²) >= 11 is 0. The lowest BCUT2D eigenvalue weighted by Gasteiger charge is -2.35. The molecule has 0 aliphatic carbocycles. The molecule has 150 valence electrons. The average Bonchev–Trinajstić information content (AvgIpc) is 2.73. The Bertz CT molecular complexity index is 793. The number of carbonyl (C=O) groups is 1. The van der Waals surface area contributed by atoms with Crippen LogP contribution in [0, 0.1) is 12.8 Å². The summed E-state index contributed by atoms with van der Waals surface area (Å²) in [5, 5.41) is 0. The highest BCUT2D eigenvalue weighted by atomic mass is 16.5. The zero-order valence-electron chi connectivity index (χ0n) is 17.2. The van der Waals surface area contributed by atoms with E-state index < -0.39 is 0 Å². The van der Waals surface area contributed by atoms with E-state index in [1.54, 1.807) is 25.4 Å². The summed E-state index contributed by atoms with van der Waals surface area (Å²) in [6.07, 6.45) is 5.09. The van der Waals surface area contributed by atoms with Crippen LogP contribution in [0.1, 0.15) is 34.3 Å². The van der Waals surface area contributed by atoms with E-state index in [1.165, 1.54) is 24.0 Å². The van der Waals surface area contributed by atoms with Gasteiger partial charge in [-0.2, -0.15) is 0 Å². The Morgan fingerprint density at radius 2 is 2.11 bits per heavy atom. The Morgan fingerprint density at radius 3 is 2.89 bits per heavy atom. The Hall–Kier alpha value is -2.40. The number of amides is 1. The van der Waals surface area contributed by atoms with Crippen LogP contribution < -0.4 is 4.74 Å². The van der Waals surface area contributed by atoms with Crippen molar-refractivity contribution in [3.63, 3.8) is 0 Å². The van der Waals surface area contributed by atoms with Crippen molar-refractivity contribution in [2.75, 3.05) is 40.3 Å². The third kappa shape index (κ3) is 5.10. The molecule has 2 aromatic rings. The van der Waals surface area contributed by atoms with Crippen LogP contribution in [-0.2, 0) is 6.42 Å². The van der Waals surface area contributed by atoms with Gasteiger partial charge in [-0.3, -0.25) is 4.79 Å². The van der Waals surface area contributed by atoms with E-state index in [2.05, 4.69) is 41.1 Å². The SMILES string of the molecule is COc1ncccc1C(=O)N(C)CC1CCCN(CCc2ccccc2C)C1. The van der Waals surface area contributed by atoms with Gasteiger partial charge >= 0.3 is 0 Å². The Balaban J connectivity index is 1.54. The molecule has 0 N–H and O–H groups in total. The molecule has 1 amide bonds. The first-order valence-corrected chi connectivity index (χ1v) is 10.1. The predicted molar refractivity (Wildman–Crippen MR) is 112 cm³/mol. The predicted octanol–water partition coefficient (Wildman–Crippen LogP) is 3.43. The molecule has 1 fully saturated rings. The van der Waals surface area contributed by atoms with Gasteiger partial charge in [0.2, 0.25) is 5.88 Å². The van der Waals surface area contributed by atoms with E-state index in [9.17, 15) is 4.79 Å². The average molecular weight is 382 g/mol. The quantitative estimate of drug-likeness (QED) is 0.737. The van der Waals surface area contributed by atoms with Gasteiger partial charge in [-0.05, 0) is 61.9 Å². The van der Waals surface area contributed by atoms with Crippen LogP contribution in [0.2, 0.25) is 0 Å². The number of pyridine rings is 1. The Labute approximate surface area is 168 Å². The zero-order chi connectivity index (χ0) is 19.9. The first-order valence-electron chi connectivity index (χ1n) is 10.1. The van der Waals surface area contributed by atoms with Crippen molar-refractivity contribution < 1.29 is 9.53 Å². The van der Waals surface area contributed by atoms with Crippen molar-refractivity contribution in [2.24, 2.45) is 5.92 Å². The molecule has 0 bridgehead atoms. The molecule has 1 aliphatic heterocycles. The number of likely N-dealkylation sites (tertiary alicyclic amines) is 1. The molecule has 1 aromatic heterocycles. The van der Waals surface area contributed by atoms with Crippen LogP contribution in [0.25, 0.3) is 0 Å². The van der Waals surface area contributed by atoms with Crippen LogP contribution in [0.15, 0.2) is 42.6 Å². The van der Waals surface area contributed by atoms with Crippen molar-refractivity contribution >= 4 is 5.91 Å². The first kappa shape index (κ1) is 20.3. The van der Waals surface area contributed by atoms with Crippen LogP contribution in [0.4, 0.5) is 0 Å². The highest BCUT2D eigenvalue weighted by Crippen LogP contribution is 2.21. The third-order valence-corrected chi connectivity index (χ3v) is 5.64. The molecule has 2 heterocycles. The number of aryl methyl sites for hydroxylation is 1. The maximum Gasteiger partial charge on any atom is 0.259 e. The molecule has 28 heavy (non-hydrogen) atoms. The van der Waals surface area contributed by atoms with Crippen molar-refractivity contribution in [3.05, 3.63) is 59.3 Å². The molecule has 1 aromatic carbocycles. The van der Waals surface area contributed by atoms with Crippen molar-refractivity contribution in [3.8, 4) is 5.88 Å². The molecule has 0 saturated carbocycles. The van der Waals surface area contributed by atoms with Gasteiger partial charge in [0.15, 0.2) is 0 Å². The molecule has 1 saturated heterocycles. The summed E-state index contributed by atoms with van der Waals surface area (Å²) in [7, 11) is 3.42. The molecule has 0 spiro atoms. The van der Waals surface area contributed by atoms with Crippen molar-refractivity contribution in [1.82, 2.24) is 14.8 Å². The number of carbonyl (C=O) groups excluding carboxylic acids is 1. The topological polar surface area (TPSA) is 45.7 Å². The largest absolute Gasteiger partial charge is 0.480 e. The standard InChI is InChI=1S/C23H31N3O2/c1-18-8-4-5-10-20(18)12-15-26-14-7-9-19(17-26)16-25(2)23(27)21-11-6-13-24-22(21)28-3/h4-6,8,10-11,13,19H,7,9,12,14-17H2,1-3H3. The number of piperidine rings is 1. The number of hydrogen-bond donors (Lipinski definition) is 0. The molecule has 5 nitrogen and oxygen atoms in total. The third-order valence-electron chi connectivity index (χ3n) is 5.64. The van der Waals surface area contributed by atoms with Gasteiger partial charge in [-0.25, -0.2) is 4.98 Å². The van der Waals surface area contributed by atoms with Gasteiger partial charge in [0.25, 0.3) is 5.91 Å². The van der Waals surface area contributed by atoms with E-state index in [0.29, 0.717) is 17.4 Å². The minimum absolute atomic E-state index is 0.0259. The lowest BCUT2D eigenvalue weighted by molar-refractivity contribution is 0.0726. The molecular weight excluding hydrogens is 350 g/mol. The first-order chi connectivity index (χ1) is 13.6. The van der Waals surface area contributed by atoms with Gasteiger partial charge in [-0.15, -0.1) is 0 Å². The molecule has 5 heteroatoms. The van der Waals surface area contributed by atoms with Gasteiger partial charge in [0.1, 0.15) is 5.56 Å². The second-order valence-corrected chi connectivity index (χ2v) is 7.73. The number of methoxy groups -OCH3 is 1. The molecular formula is C23H31N3O2. The fourth-order valence-electron chi connectivity index (χ4n) is 4.06. The highest BCUT2D eigenvalue weighted by Gasteiger charge is 2.24. The van der Waals surface area contributed by atoms with E-state index in [4.69, 9.17) is 4.74 Å². The Morgan fingerprint density at radius 1 is 1.29 bits per heavy atom. The molecule has 1 atom stereocenters. The van der Waals surface area contributed by atoms with Gasteiger partial charge < -0.3 is 14.5 Å². The van der Waals surface area contributed by atoms with Crippen LogP contribution in [0.3, 0.4) is 0 Å².